The molecule has 0 radical (unpaired) electrons. The van der Waals surface area contributed by atoms with E-state index in [1.54, 1.807) is 33.5 Å². The summed E-state index contributed by atoms with van der Waals surface area (Å²) in [7, 11) is 4.67. The number of carbonyl (C=O) groups excluding carboxylic acids is 1. The van der Waals surface area contributed by atoms with Crippen molar-refractivity contribution in [1.82, 2.24) is 5.32 Å². The molecule has 0 atom stereocenters. The van der Waals surface area contributed by atoms with Crippen LogP contribution >= 0.6 is 0 Å². The average Bonchev–Trinajstić information content (AvgIpc) is 2.59. The number of carbonyl (C=O) groups is 1. The van der Waals surface area contributed by atoms with E-state index in [2.05, 4.69) is 5.32 Å². The molecule has 2 rings (SSSR count). The Balaban J connectivity index is 2.14. The first-order chi connectivity index (χ1) is 10.7. The van der Waals surface area contributed by atoms with E-state index in [1.165, 1.54) is 0 Å². The van der Waals surface area contributed by atoms with Crippen molar-refractivity contribution in [3.63, 3.8) is 0 Å². The molecule has 0 aliphatic carbocycles. The van der Waals surface area contributed by atoms with Crippen molar-refractivity contribution in [2.24, 2.45) is 0 Å². The zero-order valence-electron chi connectivity index (χ0n) is 12.9. The number of benzene rings is 2. The molecule has 22 heavy (non-hydrogen) atoms. The average molecular weight is 301 g/mol. The lowest BCUT2D eigenvalue weighted by atomic mass is 10.1. The molecule has 0 spiro atoms. The summed E-state index contributed by atoms with van der Waals surface area (Å²) in [4.78, 5) is 12.1. The first kappa shape index (κ1) is 15.7. The van der Waals surface area contributed by atoms with E-state index in [0.717, 1.165) is 5.56 Å². The molecule has 0 bridgehead atoms. The Morgan fingerprint density at radius 2 is 1.55 bits per heavy atom. The Labute approximate surface area is 129 Å². The van der Waals surface area contributed by atoms with Gasteiger partial charge in [-0.15, -0.1) is 0 Å². The van der Waals surface area contributed by atoms with Crippen LogP contribution in [0.5, 0.6) is 17.2 Å². The highest BCUT2D eigenvalue weighted by molar-refractivity contribution is 5.94. The maximum absolute atomic E-state index is 12.1. The van der Waals surface area contributed by atoms with E-state index >= 15 is 0 Å². The van der Waals surface area contributed by atoms with Gasteiger partial charge in [0.25, 0.3) is 5.91 Å². The van der Waals surface area contributed by atoms with Gasteiger partial charge in [-0.05, 0) is 29.8 Å². The Hall–Kier alpha value is -2.69. The molecule has 0 fully saturated rings. The first-order valence-electron chi connectivity index (χ1n) is 6.81. The number of hydrogen-bond acceptors (Lipinski definition) is 4. The van der Waals surface area contributed by atoms with Gasteiger partial charge < -0.3 is 19.5 Å². The summed E-state index contributed by atoms with van der Waals surface area (Å²) < 4.78 is 15.9. The molecule has 1 N–H and O–H groups in total. The summed E-state index contributed by atoms with van der Waals surface area (Å²) in [6.07, 6.45) is 0. The molecule has 0 aliphatic heterocycles. The summed E-state index contributed by atoms with van der Waals surface area (Å²) in [5.74, 6) is 1.52. The standard InChI is InChI=1S/C17H19NO4/c1-20-14-9-12(10-15(21-2)16(14)22-3)11-18-17(19)13-7-5-4-6-8-13/h4-10H,11H2,1-3H3,(H,18,19). The second-order valence-corrected chi connectivity index (χ2v) is 4.58. The van der Waals surface area contributed by atoms with Crippen molar-refractivity contribution in [2.45, 2.75) is 6.54 Å². The lowest BCUT2D eigenvalue weighted by Gasteiger charge is -2.14. The molecule has 5 heteroatoms. The normalized spacial score (nSPS) is 9.95. The summed E-state index contributed by atoms with van der Waals surface area (Å²) in [5.41, 5.74) is 1.48. The number of methoxy groups -OCH3 is 3. The number of nitrogens with one attached hydrogen (secondary N) is 1. The van der Waals surface area contributed by atoms with Gasteiger partial charge in [0.2, 0.25) is 5.75 Å². The molecule has 116 valence electrons. The molecule has 0 aromatic heterocycles. The van der Waals surface area contributed by atoms with Crippen LogP contribution in [-0.2, 0) is 6.54 Å². The largest absolute Gasteiger partial charge is 0.493 e. The Morgan fingerprint density at radius 3 is 2.05 bits per heavy atom. The van der Waals surface area contributed by atoms with Crippen molar-refractivity contribution in [3.05, 3.63) is 53.6 Å². The second kappa shape index (κ2) is 7.36. The van der Waals surface area contributed by atoms with Crippen molar-refractivity contribution < 1.29 is 19.0 Å². The highest BCUT2D eigenvalue weighted by atomic mass is 16.5. The van der Waals surface area contributed by atoms with Gasteiger partial charge >= 0.3 is 0 Å². The lowest BCUT2D eigenvalue weighted by molar-refractivity contribution is 0.0951. The van der Waals surface area contributed by atoms with Crippen molar-refractivity contribution in [3.8, 4) is 17.2 Å². The highest BCUT2D eigenvalue weighted by Gasteiger charge is 2.13. The van der Waals surface area contributed by atoms with Crippen molar-refractivity contribution >= 4 is 5.91 Å². The number of rotatable bonds is 6. The molecule has 0 saturated heterocycles. The molecule has 0 heterocycles. The minimum Gasteiger partial charge on any atom is -0.493 e. The minimum atomic E-state index is -0.130. The zero-order valence-corrected chi connectivity index (χ0v) is 12.9. The number of hydrogen-bond donors (Lipinski definition) is 1. The summed E-state index contributed by atoms with van der Waals surface area (Å²) in [6, 6.07) is 12.7. The predicted molar refractivity (Wildman–Crippen MR) is 83.7 cm³/mol. The van der Waals surface area contributed by atoms with Crippen LogP contribution in [0.15, 0.2) is 42.5 Å². The quantitative estimate of drug-likeness (QED) is 0.891. The van der Waals surface area contributed by atoms with Crippen LogP contribution in [0.4, 0.5) is 0 Å². The van der Waals surface area contributed by atoms with Gasteiger partial charge in [-0.2, -0.15) is 0 Å². The smallest absolute Gasteiger partial charge is 0.251 e. The SMILES string of the molecule is COc1cc(CNC(=O)c2ccccc2)cc(OC)c1OC. The molecule has 0 aliphatic rings. The maximum atomic E-state index is 12.1. The molecule has 5 nitrogen and oxygen atoms in total. The van der Waals surface area contributed by atoms with Crippen molar-refractivity contribution in [1.29, 1.82) is 0 Å². The molecule has 0 saturated carbocycles. The third-order valence-corrected chi connectivity index (χ3v) is 3.21. The van der Waals surface area contributed by atoms with E-state index in [-0.39, 0.29) is 5.91 Å². The lowest BCUT2D eigenvalue weighted by Crippen LogP contribution is -2.22. The van der Waals surface area contributed by atoms with Gasteiger partial charge in [-0.1, -0.05) is 18.2 Å². The van der Waals surface area contributed by atoms with E-state index in [4.69, 9.17) is 14.2 Å². The van der Waals surface area contributed by atoms with E-state index in [0.29, 0.717) is 29.4 Å². The van der Waals surface area contributed by atoms with Crippen LogP contribution in [0.25, 0.3) is 0 Å². The maximum Gasteiger partial charge on any atom is 0.251 e. The van der Waals surface area contributed by atoms with Gasteiger partial charge in [0.15, 0.2) is 11.5 Å². The van der Waals surface area contributed by atoms with Crippen LogP contribution in [0.2, 0.25) is 0 Å². The second-order valence-electron chi connectivity index (χ2n) is 4.58. The van der Waals surface area contributed by atoms with Crippen LogP contribution < -0.4 is 19.5 Å². The molecule has 2 aromatic rings. The summed E-state index contributed by atoms with van der Waals surface area (Å²) in [6.45, 7) is 0.366. The fourth-order valence-electron chi connectivity index (χ4n) is 2.11. The van der Waals surface area contributed by atoms with E-state index in [9.17, 15) is 4.79 Å². The molecule has 2 aromatic carbocycles. The van der Waals surface area contributed by atoms with Crippen LogP contribution in [0.3, 0.4) is 0 Å². The van der Waals surface area contributed by atoms with Gasteiger partial charge in [-0.3, -0.25) is 4.79 Å². The molecular formula is C17H19NO4. The Kier molecular flexibility index (Phi) is 5.25. The third kappa shape index (κ3) is 3.49. The van der Waals surface area contributed by atoms with Gasteiger partial charge in [0.1, 0.15) is 0 Å². The first-order valence-corrected chi connectivity index (χ1v) is 6.81. The fraction of sp³-hybridized carbons (Fsp3) is 0.235. The van der Waals surface area contributed by atoms with E-state index in [1.807, 2.05) is 30.3 Å². The zero-order chi connectivity index (χ0) is 15.9. The molecule has 0 unspecified atom stereocenters. The van der Waals surface area contributed by atoms with E-state index < -0.39 is 0 Å². The van der Waals surface area contributed by atoms with Crippen LogP contribution in [0, 0.1) is 0 Å². The van der Waals surface area contributed by atoms with Crippen LogP contribution in [-0.4, -0.2) is 27.2 Å². The van der Waals surface area contributed by atoms with Gasteiger partial charge in [0, 0.05) is 12.1 Å². The number of ether oxygens (including phenoxy) is 3. The fourth-order valence-corrected chi connectivity index (χ4v) is 2.11. The van der Waals surface area contributed by atoms with Gasteiger partial charge in [-0.25, -0.2) is 0 Å². The monoisotopic (exact) mass is 301 g/mol. The summed E-state index contributed by atoms with van der Waals surface area (Å²) in [5, 5.41) is 2.86. The Morgan fingerprint density at radius 1 is 0.955 bits per heavy atom. The Bertz CT molecular complexity index is 615. The molecular weight excluding hydrogens is 282 g/mol. The highest BCUT2D eigenvalue weighted by Crippen LogP contribution is 2.38. The van der Waals surface area contributed by atoms with Gasteiger partial charge in [0.05, 0.1) is 21.3 Å². The summed E-state index contributed by atoms with van der Waals surface area (Å²) >= 11 is 0. The van der Waals surface area contributed by atoms with Crippen molar-refractivity contribution in [2.75, 3.05) is 21.3 Å². The number of amides is 1. The predicted octanol–water partition coefficient (Wildman–Crippen LogP) is 2.64. The minimum absolute atomic E-state index is 0.130. The topological polar surface area (TPSA) is 56.8 Å². The third-order valence-electron chi connectivity index (χ3n) is 3.21. The van der Waals surface area contributed by atoms with Crippen LogP contribution in [0.1, 0.15) is 15.9 Å². The molecule has 1 amide bonds.